The Morgan fingerprint density at radius 2 is 1.13 bits per heavy atom. The highest BCUT2D eigenvalue weighted by Crippen LogP contribution is 2.25. The smallest absolute Gasteiger partial charge is 0.317 e. The number of thioether (sulfide) groups is 2. The Morgan fingerprint density at radius 3 is 1.54 bits per heavy atom. The summed E-state index contributed by atoms with van der Waals surface area (Å²) in [6.07, 6.45) is 0. The van der Waals surface area contributed by atoms with Gasteiger partial charge in [0.1, 0.15) is 0 Å². The number of nitrogens with two attached hydrogens (primary N) is 1. The van der Waals surface area contributed by atoms with Gasteiger partial charge >= 0.3 is 17.9 Å². The molecule has 1 saturated heterocycles. The van der Waals surface area contributed by atoms with Crippen LogP contribution in [0, 0.1) is 0 Å². The summed E-state index contributed by atoms with van der Waals surface area (Å²) in [6.45, 7) is 2.53. The number of hydrogen-bond acceptors (Lipinski definition) is 13. The third-order valence-electron chi connectivity index (χ3n) is 6.73. The van der Waals surface area contributed by atoms with Gasteiger partial charge in [-0.3, -0.25) is 48.4 Å². The summed E-state index contributed by atoms with van der Waals surface area (Å²) in [6, 6.07) is 6.41. The van der Waals surface area contributed by atoms with Crippen LogP contribution in [0.1, 0.15) is 10.4 Å². The lowest BCUT2D eigenvalue weighted by molar-refractivity contribution is -0.140. The molecule has 1 fully saturated rings. The number of ether oxygens (including phenoxy) is 1. The number of carbonyl (C=O) groups excluding carboxylic acids is 3. The minimum absolute atomic E-state index is 0.00889. The first-order chi connectivity index (χ1) is 21.9. The summed E-state index contributed by atoms with van der Waals surface area (Å²) in [5.74, 6) is -3.47. The van der Waals surface area contributed by atoms with Gasteiger partial charge in [-0.05, 0) is 36.0 Å². The maximum Gasteiger partial charge on any atom is 0.317 e. The lowest BCUT2D eigenvalue weighted by atomic mass is 10.2. The van der Waals surface area contributed by atoms with E-state index in [2.05, 4.69) is 5.32 Å². The van der Waals surface area contributed by atoms with Crippen LogP contribution in [0.4, 0.5) is 4.79 Å². The maximum atomic E-state index is 12.7. The minimum Gasteiger partial charge on any atom is -0.480 e. The molecule has 0 aliphatic carbocycles. The zero-order valence-electron chi connectivity index (χ0n) is 25.5. The first kappa shape index (κ1) is 38.9. The molecule has 0 saturated carbocycles. The number of carboxylic acids is 3. The van der Waals surface area contributed by atoms with Gasteiger partial charge in [-0.1, -0.05) is 11.8 Å². The molecule has 0 aromatic heterocycles. The van der Waals surface area contributed by atoms with E-state index in [1.165, 1.54) is 0 Å². The second-order valence-electron chi connectivity index (χ2n) is 10.3. The fraction of sp³-hybridized carbons (Fsp3) is 0.571. The average molecular weight is 687 g/mol. The molecule has 1 heterocycles. The predicted molar refractivity (Wildman–Crippen MR) is 171 cm³/mol. The molecule has 2 rings (SSSR count). The second-order valence-corrected chi connectivity index (χ2v) is 12.7. The molecule has 6 N–H and O–H groups in total. The van der Waals surface area contributed by atoms with E-state index in [4.69, 9.17) is 10.5 Å². The van der Waals surface area contributed by atoms with Crippen LogP contribution < -0.4 is 11.1 Å². The Kier molecular flexibility index (Phi) is 18.2. The standard InChI is InChI=1S/C28H42N6O10S2/c29-27(42)21-1-3-22(4-2-21)46-28(43)45-16-15-44-14-5-30-23(35)17-31-6-8-32(18-24(36)37)10-12-34(20-26(40)41)13-11-33(9-7-31)19-25(38)39/h1-4H,5-20H2,(H2,29,42)(H,30,35)(H,36,37)(H,38,39)(H,40,41). The fourth-order valence-corrected chi connectivity index (χ4v) is 6.01. The number of primary amides is 1. The second kappa shape index (κ2) is 21.5. The van der Waals surface area contributed by atoms with Gasteiger partial charge in [-0.2, -0.15) is 0 Å². The highest BCUT2D eigenvalue weighted by Gasteiger charge is 2.21. The number of carbonyl (C=O) groups is 6. The largest absolute Gasteiger partial charge is 0.480 e. The molecule has 2 amide bonds. The molecule has 16 nitrogen and oxygen atoms in total. The quantitative estimate of drug-likeness (QED) is 0.108. The van der Waals surface area contributed by atoms with Crippen LogP contribution in [0.2, 0.25) is 0 Å². The third-order valence-corrected chi connectivity index (χ3v) is 8.61. The Labute approximate surface area is 275 Å². The number of hydrogen-bond donors (Lipinski definition) is 5. The third kappa shape index (κ3) is 17.4. The number of amides is 2. The van der Waals surface area contributed by atoms with Crippen molar-refractivity contribution in [3.05, 3.63) is 29.8 Å². The van der Waals surface area contributed by atoms with Crippen LogP contribution in [0.5, 0.6) is 0 Å². The number of aliphatic carboxylic acids is 3. The molecule has 18 heteroatoms. The monoisotopic (exact) mass is 686 g/mol. The van der Waals surface area contributed by atoms with Crippen molar-refractivity contribution < 1.29 is 48.8 Å². The molecule has 1 aromatic rings. The number of benzene rings is 1. The zero-order chi connectivity index (χ0) is 33.9. The Balaban J connectivity index is 1.78. The number of nitrogens with zero attached hydrogens (tertiary/aromatic N) is 4. The summed E-state index contributed by atoms with van der Waals surface area (Å²) in [7, 11) is 0. The number of carboxylic acid groups (broad SMARTS) is 3. The van der Waals surface area contributed by atoms with Crippen LogP contribution >= 0.6 is 23.5 Å². The molecule has 46 heavy (non-hydrogen) atoms. The Bertz CT molecular complexity index is 1140. The maximum absolute atomic E-state index is 12.7. The number of nitrogens with one attached hydrogen (secondary N) is 1. The lowest BCUT2D eigenvalue weighted by Gasteiger charge is -2.32. The highest BCUT2D eigenvalue weighted by atomic mass is 32.2. The highest BCUT2D eigenvalue weighted by molar-refractivity contribution is 8.38. The van der Waals surface area contributed by atoms with Crippen LogP contribution in [0.3, 0.4) is 0 Å². The molecule has 1 aromatic carbocycles. The summed E-state index contributed by atoms with van der Waals surface area (Å²) < 4.78 is 5.39. The first-order valence-electron chi connectivity index (χ1n) is 14.5. The van der Waals surface area contributed by atoms with Crippen LogP contribution in [-0.2, 0) is 23.9 Å². The van der Waals surface area contributed by atoms with Gasteiger partial charge < -0.3 is 31.1 Å². The molecule has 1 aliphatic heterocycles. The van der Waals surface area contributed by atoms with Gasteiger partial charge in [0.2, 0.25) is 11.8 Å². The summed E-state index contributed by atoms with van der Waals surface area (Å²) >= 11 is 2.13. The normalized spacial score (nSPS) is 16.2. The van der Waals surface area contributed by atoms with Crippen LogP contribution in [0.15, 0.2) is 29.2 Å². The molecular formula is C28H42N6O10S2. The SMILES string of the molecule is NC(=O)c1ccc(SC(=O)SCCOCCNC(=O)CN2CCN(CC(=O)O)CCN(CC(=O)O)CCN(CC(=O)O)CC2)cc1. The van der Waals surface area contributed by atoms with E-state index in [0.717, 1.165) is 23.5 Å². The van der Waals surface area contributed by atoms with E-state index in [1.807, 2.05) is 4.90 Å². The van der Waals surface area contributed by atoms with E-state index >= 15 is 0 Å². The fourth-order valence-electron chi connectivity index (χ4n) is 4.41. The summed E-state index contributed by atoms with van der Waals surface area (Å²) in [5.41, 5.74) is 5.57. The van der Waals surface area contributed by atoms with Gasteiger partial charge in [-0.15, -0.1) is 0 Å². The molecule has 0 radical (unpaired) electrons. The topological polar surface area (TPSA) is 223 Å². The molecule has 0 spiro atoms. The van der Waals surface area contributed by atoms with E-state index in [0.29, 0.717) is 75.2 Å². The first-order valence-corrected chi connectivity index (χ1v) is 16.3. The van der Waals surface area contributed by atoms with E-state index in [9.17, 15) is 44.1 Å². The minimum atomic E-state index is -1.03. The molecule has 1 aliphatic rings. The Morgan fingerprint density at radius 1 is 0.696 bits per heavy atom. The van der Waals surface area contributed by atoms with E-state index in [1.54, 1.807) is 39.0 Å². The van der Waals surface area contributed by atoms with Crippen LogP contribution in [0.25, 0.3) is 0 Å². The zero-order valence-corrected chi connectivity index (χ0v) is 27.1. The van der Waals surface area contributed by atoms with Crippen molar-refractivity contribution in [3.8, 4) is 0 Å². The Hall–Kier alpha value is -3.26. The summed E-state index contributed by atoms with van der Waals surface area (Å²) in [5, 5.41) is 30.7. The molecular weight excluding hydrogens is 644 g/mol. The van der Waals surface area contributed by atoms with Crippen molar-refractivity contribution in [2.75, 3.05) is 104 Å². The summed E-state index contributed by atoms with van der Waals surface area (Å²) in [4.78, 5) is 77.7. The molecule has 256 valence electrons. The molecule has 0 atom stereocenters. The molecule has 0 bridgehead atoms. The predicted octanol–water partition coefficient (Wildman–Crippen LogP) is -0.661. The number of rotatable bonds is 16. The van der Waals surface area contributed by atoms with Crippen molar-refractivity contribution in [2.24, 2.45) is 5.73 Å². The van der Waals surface area contributed by atoms with Crippen LogP contribution in [-0.4, -0.2) is 173 Å². The van der Waals surface area contributed by atoms with E-state index in [-0.39, 0.29) is 49.7 Å². The molecule has 0 unspecified atom stereocenters. The van der Waals surface area contributed by atoms with Gasteiger partial charge in [0.15, 0.2) is 0 Å². The van der Waals surface area contributed by atoms with Gasteiger partial charge in [0, 0.05) is 75.1 Å². The van der Waals surface area contributed by atoms with Crippen molar-refractivity contribution in [3.63, 3.8) is 0 Å². The lowest BCUT2D eigenvalue weighted by Crippen LogP contribution is -2.50. The van der Waals surface area contributed by atoms with Gasteiger partial charge in [0.25, 0.3) is 4.45 Å². The van der Waals surface area contributed by atoms with Crippen molar-refractivity contribution in [1.82, 2.24) is 24.9 Å². The average Bonchev–Trinajstić information content (AvgIpc) is 2.97. The van der Waals surface area contributed by atoms with Crippen molar-refractivity contribution >= 4 is 57.7 Å². The van der Waals surface area contributed by atoms with Crippen molar-refractivity contribution in [1.29, 1.82) is 0 Å². The van der Waals surface area contributed by atoms with Gasteiger partial charge in [0.05, 0.1) is 39.4 Å². The van der Waals surface area contributed by atoms with Crippen molar-refractivity contribution in [2.45, 2.75) is 4.90 Å². The van der Waals surface area contributed by atoms with Gasteiger partial charge in [-0.25, -0.2) is 0 Å². The van der Waals surface area contributed by atoms with E-state index < -0.39 is 23.8 Å².